The summed E-state index contributed by atoms with van der Waals surface area (Å²) in [6.07, 6.45) is -0.682. The third-order valence-electron chi connectivity index (χ3n) is 4.01. The number of aryl methyl sites for hydroxylation is 1. The van der Waals surface area contributed by atoms with E-state index in [-0.39, 0.29) is 13.2 Å². The zero-order valence-electron chi connectivity index (χ0n) is 15.3. The number of carbonyl (C=O) groups excluding carboxylic acids is 1. The van der Waals surface area contributed by atoms with E-state index in [1.165, 1.54) is 5.56 Å². The maximum absolute atomic E-state index is 11.7. The molecule has 3 aromatic carbocycles. The van der Waals surface area contributed by atoms with Gasteiger partial charge in [0.25, 0.3) is 0 Å². The van der Waals surface area contributed by atoms with Crippen LogP contribution in [0.4, 0.5) is 4.79 Å². The van der Waals surface area contributed by atoms with Crippen molar-refractivity contribution < 1.29 is 19.0 Å². The monoisotopic (exact) mass is 362 g/mol. The largest absolute Gasteiger partial charge is 0.508 e. The van der Waals surface area contributed by atoms with Crippen LogP contribution in [-0.4, -0.2) is 6.16 Å². The molecule has 0 N–H and O–H groups in total. The van der Waals surface area contributed by atoms with Gasteiger partial charge in [-0.1, -0.05) is 72.3 Å². The first-order valence-corrected chi connectivity index (χ1v) is 8.80. The van der Waals surface area contributed by atoms with Gasteiger partial charge in [0.05, 0.1) is 0 Å². The smallest absolute Gasteiger partial charge is 0.489 e. The van der Waals surface area contributed by atoms with Crippen molar-refractivity contribution >= 4 is 6.16 Å². The van der Waals surface area contributed by atoms with Crippen LogP contribution in [0.3, 0.4) is 0 Å². The average molecular weight is 362 g/mol. The molecule has 0 amide bonds. The molecule has 4 heteroatoms. The summed E-state index contributed by atoms with van der Waals surface area (Å²) in [5.41, 5.74) is 4.14. The van der Waals surface area contributed by atoms with Gasteiger partial charge in [-0.15, -0.1) is 0 Å². The lowest BCUT2D eigenvalue weighted by molar-refractivity contribution is 0.0446. The van der Waals surface area contributed by atoms with E-state index in [1.807, 2.05) is 54.6 Å². The molecule has 3 rings (SSSR count). The molecule has 0 atom stereocenters. The summed E-state index contributed by atoms with van der Waals surface area (Å²) in [6.45, 7) is 2.93. The molecule has 0 radical (unpaired) electrons. The molecular weight excluding hydrogens is 340 g/mol. The lowest BCUT2D eigenvalue weighted by Crippen LogP contribution is -2.07. The van der Waals surface area contributed by atoms with Crippen LogP contribution in [0.25, 0.3) is 0 Å². The summed E-state index contributed by atoms with van der Waals surface area (Å²) >= 11 is 0. The molecule has 0 unspecified atom stereocenters. The molecule has 0 saturated carbocycles. The van der Waals surface area contributed by atoms with Crippen LogP contribution < -0.4 is 4.74 Å². The van der Waals surface area contributed by atoms with Crippen molar-refractivity contribution in [2.45, 2.75) is 26.7 Å². The van der Waals surface area contributed by atoms with E-state index in [4.69, 9.17) is 14.2 Å². The highest BCUT2D eigenvalue weighted by molar-refractivity contribution is 5.60. The molecular formula is C23H22O4. The van der Waals surface area contributed by atoms with Crippen LogP contribution >= 0.6 is 0 Å². The number of benzene rings is 3. The number of hydrogen-bond acceptors (Lipinski definition) is 4. The van der Waals surface area contributed by atoms with E-state index in [2.05, 4.69) is 31.2 Å². The first-order valence-electron chi connectivity index (χ1n) is 8.80. The molecule has 0 aromatic heterocycles. The van der Waals surface area contributed by atoms with E-state index in [9.17, 15) is 4.79 Å². The van der Waals surface area contributed by atoms with E-state index in [0.29, 0.717) is 6.61 Å². The Labute approximate surface area is 159 Å². The molecule has 0 aliphatic carbocycles. The summed E-state index contributed by atoms with van der Waals surface area (Å²) in [6, 6.07) is 25.2. The molecule has 4 nitrogen and oxygen atoms in total. The first kappa shape index (κ1) is 18.5. The van der Waals surface area contributed by atoms with Gasteiger partial charge in [-0.3, -0.25) is 0 Å². The first-order chi connectivity index (χ1) is 13.2. The summed E-state index contributed by atoms with van der Waals surface area (Å²) in [4.78, 5) is 11.7. The fourth-order valence-electron chi connectivity index (χ4n) is 2.43. The Morgan fingerprint density at radius 3 is 1.81 bits per heavy atom. The second-order valence-corrected chi connectivity index (χ2v) is 6.23. The Bertz CT molecular complexity index is 840. The molecule has 0 bridgehead atoms. The second-order valence-electron chi connectivity index (χ2n) is 6.23. The number of rotatable bonds is 7. The fraction of sp³-hybridized carbons (Fsp3) is 0.174. The van der Waals surface area contributed by atoms with Crippen molar-refractivity contribution in [2.75, 3.05) is 0 Å². The van der Waals surface area contributed by atoms with E-state index in [1.54, 1.807) is 0 Å². The third kappa shape index (κ3) is 6.19. The lowest BCUT2D eigenvalue weighted by atomic mass is 10.2. The van der Waals surface area contributed by atoms with Gasteiger partial charge in [0.15, 0.2) is 0 Å². The summed E-state index contributed by atoms with van der Waals surface area (Å²) in [5, 5.41) is 0. The molecule has 3 aromatic rings. The summed E-state index contributed by atoms with van der Waals surface area (Å²) < 4.78 is 16.0. The third-order valence-corrected chi connectivity index (χ3v) is 4.01. The molecule has 0 saturated heterocycles. The van der Waals surface area contributed by atoms with Gasteiger partial charge in [-0.05, 0) is 35.7 Å². The van der Waals surface area contributed by atoms with Crippen LogP contribution in [0.15, 0.2) is 78.9 Å². The van der Waals surface area contributed by atoms with Gasteiger partial charge in [0.1, 0.15) is 25.6 Å². The Kier molecular flexibility index (Phi) is 6.47. The van der Waals surface area contributed by atoms with Gasteiger partial charge in [0, 0.05) is 0 Å². The summed E-state index contributed by atoms with van der Waals surface area (Å²) in [7, 11) is 0. The van der Waals surface area contributed by atoms with Gasteiger partial charge >= 0.3 is 6.16 Å². The topological polar surface area (TPSA) is 44.8 Å². The maximum atomic E-state index is 11.7. The van der Waals surface area contributed by atoms with Crippen molar-refractivity contribution in [2.24, 2.45) is 0 Å². The van der Waals surface area contributed by atoms with Crippen molar-refractivity contribution in [1.29, 1.82) is 0 Å². The maximum Gasteiger partial charge on any atom is 0.508 e. The Morgan fingerprint density at radius 1 is 0.667 bits per heavy atom. The van der Waals surface area contributed by atoms with Gasteiger partial charge < -0.3 is 14.2 Å². The highest BCUT2D eigenvalue weighted by atomic mass is 16.7. The minimum atomic E-state index is -0.682. The average Bonchev–Trinajstić information content (AvgIpc) is 2.72. The van der Waals surface area contributed by atoms with Crippen LogP contribution in [-0.2, 0) is 29.3 Å². The lowest BCUT2D eigenvalue weighted by Gasteiger charge is -2.09. The Balaban J connectivity index is 1.40. The zero-order chi connectivity index (χ0) is 18.9. The normalized spacial score (nSPS) is 10.3. The van der Waals surface area contributed by atoms with Gasteiger partial charge in [-0.25, -0.2) is 4.79 Å². The zero-order valence-corrected chi connectivity index (χ0v) is 15.3. The SMILES string of the molecule is Cc1ccc(COc2ccc(COC(=O)OCc3ccccc3)cc2)cc1. The molecule has 0 spiro atoms. The van der Waals surface area contributed by atoms with Crippen LogP contribution in [0.5, 0.6) is 5.75 Å². The van der Waals surface area contributed by atoms with E-state index < -0.39 is 6.16 Å². The van der Waals surface area contributed by atoms with Crippen LogP contribution in [0.1, 0.15) is 22.3 Å². The van der Waals surface area contributed by atoms with E-state index >= 15 is 0 Å². The Hall–Kier alpha value is -3.27. The Morgan fingerprint density at radius 2 is 1.19 bits per heavy atom. The minimum Gasteiger partial charge on any atom is -0.489 e. The van der Waals surface area contributed by atoms with Crippen LogP contribution in [0.2, 0.25) is 0 Å². The number of ether oxygens (including phenoxy) is 3. The van der Waals surface area contributed by atoms with Gasteiger partial charge in [0.2, 0.25) is 0 Å². The fourth-order valence-corrected chi connectivity index (χ4v) is 2.43. The molecule has 27 heavy (non-hydrogen) atoms. The second kappa shape index (κ2) is 9.43. The standard InChI is InChI=1S/C23H22O4/c1-18-7-9-20(10-8-18)15-25-22-13-11-21(12-14-22)17-27-23(24)26-16-19-5-3-2-4-6-19/h2-14H,15-17H2,1H3. The van der Waals surface area contributed by atoms with Crippen LogP contribution in [0, 0.1) is 6.92 Å². The molecule has 138 valence electrons. The number of carbonyl (C=O) groups is 1. The molecule has 0 heterocycles. The molecule has 0 fully saturated rings. The van der Waals surface area contributed by atoms with Crippen molar-refractivity contribution in [3.8, 4) is 5.75 Å². The van der Waals surface area contributed by atoms with E-state index in [0.717, 1.165) is 22.4 Å². The number of hydrogen-bond donors (Lipinski definition) is 0. The van der Waals surface area contributed by atoms with Crippen molar-refractivity contribution in [3.05, 3.63) is 101 Å². The van der Waals surface area contributed by atoms with Gasteiger partial charge in [-0.2, -0.15) is 0 Å². The predicted octanol–water partition coefficient (Wildman–Crippen LogP) is 5.43. The quantitative estimate of drug-likeness (QED) is 0.526. The highest BCUT2D eigenvalue weighted by Crippen LogP contribution is 2.15. The molecule has 0 aliphatic rings. The van der Waals surface area contributed by atoms with Crippen molar-refractivity contribution in [1.82, 2.24) is 0 Å². The minimum absolute atomic E-state index is 0.159. The van der Waals surface area contributed by atoms with Crippen molar-refractivity contribution in [3.63, 3.8) is 0 Å². The highest BCUT2D eigenvalue weighted by Gasteiger charge is 2.05. The predicted molar refractivity (Wildman–Crippen MR) is 103 cm³/mol. The molecule has 0 aliphatic heterocycles. The summed E-state index contributed by atoms with van der Waals surface area (Å²) in [5.74, 6) is 0.769.